The van der Waals surface area contributed by atoms with Gasteiger partial charge >= 0.3 is 0 Å². The molecule has 1 saturated heterocycles. The van der Waals surface area contributed by atoms with E-state index < -0.39 is 21.3 Å². The molecule has 0 aromatic carbocycles. The van der Waals surface area contributed by atoms with E-state index in [2.05, 4.69) is 10.6 Å². The van der Waals surface area contributed by atoms with Crippen molar-refractivity contribution in [3.05, 3.63) is 0 Å². The minimum absolute atomic E-state index is 0.0152. The van der Waals surface area contributed by atoms with E-state index in [-0.39, 0.29) is 17.1 Å². The maximum absolute atomic E-state index is 11.9. The van der Waals surface area contributed by atoms with Gasteiger partial charge < -0.3 is 10.6 Å². The number of hydrogen-bond donors (Lipinski definition) is 3. The lowest BCUT2D eigenvalue weighted by molar-refractivity contribution is -0.128. The fourth-order valence-corrected chi connectivity index (χ4v) is 5.32. The van der Waals surface area contributed by atoms with Crippen molar-refractivity contribution in [2.24, 2.45) is 16.7 Å². The average Bonchev–Trinajstić information content (AvgIpc) is 2.73. The molecule has 122 valence electrons. The number of carbonyl (C=O) groups is 1. The number of piperazine rings is 1. The van der Waals surface area contributed by atoms with Crippen LogP contribution in [0.2, 0.25) is 0 Å². The third-order valence-corrected chi connectivity index (χ3v) is 6.38. The normalized spacial score (nSPS) is 34.4. The van der Waals surface area contributed by atoms with Crippen molar-refractivity contribution in [3.63, 3.8) is 0 Å². The first-order valence-electron chi connectivity index (χ1n) is 7.59. The predicted molar refractivity (Wildman–Crippen MR) is 80.7 cm³/mol. The van der Waals surface area contributed by atoms with Crippen molar-refractivity contribution in [1.29, 1.82) is 0 Å². The minimum Gasteiger partial charge on any atom is -0.314 e. The van der Waals surface area contributed by atoms with Crippen LogP contribution in [0, 0.1) is 16.7 Å². The first kappa shape index (κ1) is 16.9. The molecule has 7 heteroatoms. The number of Topliss-reactive ketones (excluding diaryl/α,β-unsaturated/α-hetero) is 1. The van der Waals surface area contributed by atoms with Gasteiger partial charge in [0.15, 0.2) is 0 Å². The standard InChI is InChI=1S/C10H16O4S.C4H10N2/c1-9(2)7-3-4-10(9,8(11)5-7)6-15(12,13)14;1-2-6-4-3-5-1/h7H,3-6H2,1-2H3,(H,12,13,14);5-6H,1-4H2. The minimum atomic E-state index is -4.08. The largest absolute Gasteiger partial charge is 0.314 e. The van der Waals surface area contributed by atoms with Crippen molar-refractivity contribution in [2.75, 3.05) is 31.9 Å². The molecular weight excluding hydrogens is 292 g/mol. The zero-order valence-electron chi connectivity index (χ0n) is 12.8. The number of carbonyl (C=O) groups excluding carboxylic acids is 1. The zero-order chi connectivity index (χ0) is 15.7. The summed E-state index contributed by atoms with van der Waals surface area (Å²) in [6.07, 6.45) is 1.97. The predicted octanol–water partition coefficient (Wildman–Crippen LogP) is 0.449. The highest BCUT2D eigenvalue weighted by Gasteiger charge is 2.65. The molecular formula is C14H26N2O4S. The monoisotopic (exact) mass is 318 g/mol. The molecule has 0 spiro atoms. The van der Waals surface area contributed by atoms with Gasteiger partial charge in [0.05, 0.1) is 11.2 Å². The maximum Gasteiger partial charge on any atom is 0.265 e. The molecule has 0 aromatic heterocycles. The van der Waals surface area contributed by atoms with E-state index in [1.165, 1.54) is 0 Å². The van der Waals surface area contributed by atoms with Crippen LogP contribution in [0.15, 0.2) is 0 Å². The highest BCUT2D eigenvalue weighted by Crippen LogP contribution is 2.64. The Morgan fingerprint density at radius 2 is 1.71 bits per heavy atom. The quantitative estimate of drug-likeness (QED) is 0.640. The first-order valence-corrected chi connectivity index (χ1v) is 9.20. The third-order valence-electron chi connectivity index (χ3n) is 5.53. The van der Waals surface area contributed by atoms with E-state index in [1.807, 2.05) is 13.8 Å². The van der Waals surface area contributed by atoms with Crippen molar-refractivity contribution in [1.82, 2.24) is 10.6 Å². The molecule has 0 amide bonds. The number of nitrogens with one attached hydrogen (secondary N) is 2. The van der Waals surface area contributed by atoms with Gasteiger partial charge in [-0.3, -0.25) is 9.35 Å². The molecule has 3 rings (SSSR count). The molecule has 1 aliphatic heterocycles. The van der Waals surface area contributed by atoms with Crippen LogP contribution >= 0.6 is 0 Å². The second-order valence-corrected chi connectivity index (χ2v) is 8.35. The maximum atomic E-state index is 11.9. The van der Waals surface area contributed by atoms with Crippen LogP contribution in [0.25, 0.3) is 0 Å². The van der Waals surface area contributed by atoms with Gasteiger partial charge in [0.2, 0.25) is 0 Å². The number of hydrogen-bond acceptors (Lipinski definition) is 5. The van der Waals surface area contributed by atoms with Crippen LogP contribution in [0.1, 0.15) is 33.1 Å². The van der Waals surface area contributed by atoms with Crippen LogP contribution in [0.4, 0.5) is 0 Å². The van der Waals surface area contributed by atoms with Gasteiger partial charge in [-0.05, 0) is 24.2 Å². The van der Waals surface area contributed by atoms with Gasteiger partial charge in [-0.25, -0.2) is 0 Å². The zero-order valence-corrected chi connectivity index (χ0v) is 13.6. The van der Waals surface area contributed by atoms with Gasteiger partial charge in [-0.15, -0.1) is 0 Å². The third kappa shape index (κ3) is 3.31. The van der Waals surface area contributed by atoms with Crippen molar-refractivity contribution < 1.29 is 17.8 Å². The molecule has 1 heterocycles. The Balaban J connectivity index is 0.000000225. The Kier molecular flexibility index (Phi) is 4.78. The number of fused-ring (bicyclic) bond motifs is 2. The molecule has 0 radical (unpaired) electrons. The Morgan fingerprint density at radius 3 is 2.00 bits per heavy atom. The van der Waals surface area contributed by atoms with Crippen molar-refractivity contribution in [2.45, 2.75) is 33.1 Å². The SMILES string of the molecule is C1CNCCN1.CC1(C)C2CCC1(CS(=O)(=O)O)C(=O)C2. The van der Waals surface area contributed by atoms with Gasteiger partial charge in [0.1, 0.15) is 5.78 Å². The molecule has 2 unspecified atom stereocenters. The first-order chi connectivity index (χ1) is 9.69. The molecule has 2 saturated carbocycles. The second-order valence-electron chi connectivity index (χ2n) is 6.89. The smallest absolute Gasteiger partial charge is 0.265 e. The average molecular weight is 318 g/mol. The summed E-state index contributed by atoms with van der Waals surface area (Å²) in [5.74, 6) is -0.101. The molecule has 0 aromatic rings. The van der Waals surface area contributed by atoms with Gasteiger partial charge in [0, 0.05) is 32.6 Å². The molecule has 3 fully saturated rings. The van der Waals surface area contributed by atoms with Crippen molar-refractivity contribution in [3.8, 4) is 0 Å². The summed E-state index contributed by atoms with van der Waals surface area (Å²) in [4.78, 5) is 11.9. The molecule has 6 nitrogen and oxygen atoms in total. The van der Waals surface area contributed by atoms with Crippen LogP contribution in [0.5, 0.6) is 0 Å². The lowest BCUT2D eigenvalue weighted by Crippen LogP contribution is -2.42. The van der Waals surface area contributed by atoms with E-state index in [4.69, 9.17) is 4.55 Å². The summed E-state index contributed by atoms with van der Waals surface area (Å²) in [6.45, 7) is 8.45. The van der Waals surface area contributed by atoms with E-state index in [1.54, 1.807) is 0 Å². The summed E-state index contributed by atoms with van der Waals surface area (Å²) in [6, 6.07) is 0. The van der Waals surface area contributed by atoms with Gasteiger partial charge in [0.25, 0.3) is 10.1 Å². The van der Waals surface area contributed by atoms with E-state index in [0.29, 0.717) is 12.8 Å². The van der Waals surface area contributed by atoms with Crippen molar-refractivity contribution >= 4 is 15.9 Å². The summed E-state index contributed by atoms with van der Waals surface area (Å²) in [7, 11) is -4.08. The topological polar surface area (TPSA) is 95.5 Å². The molecule has 2 aliphatic carbocycles. The van der Waals surface area contributed by atoms with Crippen LogP contribution in [0.3, 0.4) is 0 Å². The Bertz CT molecular complexity index is 488. The van der Waals surface area contributed by atoms with Gasteiger partial charge in [-0.1, -0.05) is 13.8 Å². The molecule has 21 heavy (non-hydrogen) atoms. The number of ketones is 1. The second kappa shape index (κ2) is 5.95. The van der Waals surface area contributed by atoms with Crippen LogP contribution in [-0.4, -0.2) is 50.7 Å². The fraction of sp³-hybridized carbons (Fsp3) is 0.929. The fourth-order valence-electron chi connectivity index (χ4n) is 4.02. The summed E-state index contributed by atoms with van der Waals surface area (Å²) < 4.78 is 31.0. The summed E-state index contributed by atoms with van der Waals surface area (Å²) in [5.41, 5.74) is -1.12. The lowest BCUT2D eigenvalue weighted by Gasteiger charge is -2.35. The van der Waals surface area contributed by atoms with Crippen LogP contribution < -0.4 is 10.6 Å². The summed E-state index contributed by atoms with van der Waals surface area (Å²) in [5, 5.41) is 6.44. The highest BCUT2D eigenvalue weighted by atomic mass is 32.2. The molecule has 2 bridgehead atoms. The van der Waals surface area contributed by atoms with Gasteiger partial charge in [-0.2, -0.15) is 8.42 Å². The lowest BCUT2D eigenvalue weighted by atomic mass is 9.70. The molecule has 3 N–H and O–H groups in total. The molecule has 2 atom stereocenters. The summed E-state index contributed by atoms with van der Waals surface area (Å²) >= 11 is 0. The number of rotatable bonds is 2. The Morgan fingerprint density at radius 1 is 1.19 bits per heavy atom. The molecule has 3 aliphatic rings. The Hall–Kier alpha value is -0.500. The highest BCUT2D eigenvalue weighted by molar-refractivity contribution is 7.85. The van der Waals surface area contributed by atoms with E-state index in [0.717, 1.165) is 32.6 Å². The van der Waals surface area contributed by atoms with Crippen LogP contribution in [-0.2, 0) is 14.9 Å². The Labute approximate surface area is 126 Å². The van der Waals surface area contributed by atoms with E-state index in [9.17, 15) is 13.2 Å². The van der Waals surface area contributed by atoms with E-state index >= 15 is 0 Å².